The van der Waals surface area contributed by atoms with Gasteiger partial charge < -0.3 is 0 Å². The zero-order valence-corrected chi connectivity index (χ0v) is 13.1. The number of benzene rings is 1. The molecule has 0 spiro atoms. The van der Waals surface area contributed by atoms with Crippen molar-refractivity contribution in [1.82, 2.24) is 14.9 Å². The maximum Gasteiger partial charge on any atom is 0.212 e. The van der Waals surface area contributed by atoms with Crippen LogP contribution in [0.25, 0.3) is 0 Å². The summed E-state index contributed by atoms with van der Waals surface area (Å²) < 4.78 is 1.79. The van der Waals surface area contributed by atoms with Gasteiger partial charge in [-0.25, -0.2) is 0 Å². The summed E-state index contributed by atoms with van der Waals surface area (Å²) in [4.78, 5) is 1.11. The van der Waals surface area contributed by atoms with Crippen LogP contribution in [0.2, 0.25) is 0 Å². The molecule has 6 heteroatoms. The fraction of sp³-hybridized carbons (Fsp3) is 0.133. The molecule has 21 heavy (non-hydrogen) atoms. The second kappa shape index (κ2) is 6.69. The number of thioether (sulfide) groups is 1. The quantitative estimate of drug-likeness (QED) is 0.531. The van der Waals surface area contributed by atoms with Gasteiger partial charge in [-0.05, 0) is 23.9 Å². The summed E-state index contributed by atoms with van der Waals surface area (Å²) in [6, 6.07) is 14.4. The van der Waals surface area contributed by atoms with Crippen molar-refractivity contribution in [1.29, 1.82) is 0 Å². The summed E-state index contributed by atoms with van der Waals surface area (Å²) in [6.07, 6.45) is 1.84. The minimum absolute atomic E-state index is 0.790. The van der Waals surface area contributed by atoms with Gasteiger partial charge >= 0.3 is 0 Å². The van der Waals surface area contributed by atoms with Crippen molar-refractivity contribution < 1.29 is 0 Å². The summed E-state index contributed by atoms with van der Waals surface area (Å²) in [6.45, 7) is 1.91. The van der Waals surface area contributed by atoms with Crippen LogP contribution < -0.4 is 0 Å². The molecule has 2 heterocycles. The molecule has 0 amide bonds. The molecule has 0 saturated heterocycles. The topological polar surface area (TPSA) is 43.1 Å². The lowest BCUT2D eigenvalue weighted by Crippen LogP contribution is -1.95. The Morgan fingerprint density at radius 2 is 2.05 bits per heavy atom. The van der Waals surface area contributed by atoms with Crippen molar-refractivity contribution >= 4 is 29.3 Å². The van der Waals surface area contributed by atoms with E-state index in [0.717, 1.165) is 21.6 Å². The van der Waals surface area contributed by atoms with E-state index in [-0.39, 0.29) is 0 Å². The van der Waals surface area contributed by atoms with E-state index in [1.54, 1.807) is 27.8 Å². The van der Waals surface area contributed by atoms with Gasteiger partial charge in [0, 0.05) is 10.6 Å². The molecular weight excluding hydrogens is 300 g/mol. The molecule has 106 valence electrons. The van der Waals surface area contributed by atoms with E-state index in [1.807, 2.05) is 48.9 Å². The third-order valence-corrected chi connectivity index (χ3v) is 4.62. The monoisotopic (exact) mass is 314 g/mol. The highest BCUT2D eigenvalue weighted by molar-refractivity contribution is 7.98. The summed E-state index contributed by atoms with van der Waals surface area (Å²) in [5.41, 5.74) is 1.26. The van der Waals surface area contributed by atoms with Crippen LogP contribution in [0, 0.1) is 6.92 Å². The van der Waals surface area contributed by atoms with Crippen LogP contribution in [0.3, 0.4) is 0 Å². The number of hydrogen-bond acceptors (Lipinski definition) is 5. The summed E-state index contributed by atoms with van der Waals surface area (Å²) in [7, 11) is 0. The molecule has 0 saturated carbocycles. The molecule has 4 nitrogen and oxygen atoms in total. The Hall–Kier alpha value is -1.92. The molecule has 0 fully saturated rings. The van der Waals surface area contributed by atoms with Gasteiger partial charge in [-0.3, -0.25) is 0 Å². The summed E-state index contributed by atoms with van der Waals surface area (Å²) in [5.74, 6) is 1.64. The van der Waals surface area contributed by atoms with Crippen LogP contribution in [-0.2, 0) is 5.75 Å². The van der Waals surface area contributed by atoms with Crippen molar-refractivity contribution in [2.75, 3.05) is 0 Å². The molecule has 0 unspecified atom stereocenters. The Balaban J connectivity index is 1.74. The zero-order valence-electron chi connectivity index (χ0n) is 11.5. The average Bonchev–Trinajstić information content (AvgIpc) is 3.14. The Kier molecular flexibility index (Phi) is 4.47. The third-order valence-electron chi connectivity index (χ3n) is 2.82. The van der Waals surface area contributed by atoms with Gasteiger partial charge in [0.1, 0.15) is 0 Å². The average molecular weight is 314 g/mol. The van der Waals surface area contributed by atoms with E-state index in [2.05, 4.69) is 27.4 Å². The standard InChI is InChI=1S/C15H14N4S2/c1-12-17-18-15(21-11-13-6-3-2-4-7-13)19(12)16-10-14-8-5-9-20-14/h2-10H,11H2,1H3/b16-10+. The van der Waals surface area contributed by atoms with Crippen LogP contribution in [0.1, 0.15) is 16.3 Å². The highest BCUT2D eigenvalue weighted by Crippen LogP contribution is 2.21. The molecule has 0 aliphatic rings. The van der Waals surface area contributed by atoms with Gasteiger partial charge in [0.05, 0.1) is 6.21 Å². The van der Waals surface area contributed by atoms with Gasteiger partial charge in [-0.15, -0.1) is 21.5 Å². The number of rotatable bonds is 5. The molecule has 0 radical (unpaired) electrons. The molecule has 0 aliphatic carbocycles. The number of hydrogen-bond donors (Lipinski definition) is 0. The molecule has 3 rings (SSSR count). The normalized spacial score (nSPS) is 11.3. The minimum Gasteiger partial charge on any atom is -0.192 e. The lowest BCUT2D eigenvalue weighted by molar-refractivity contribution is 0.744. The predicted octanol–water partition coefficient (Wildman–Crippen LogP) is 3.82. The number of nitrogens with zero attached hydrogens (tertiary/aromatic N) is 4. The molecule has 0 aliphatic heterocycles. The van der Waals surface area contributed by atoms with Crippen LogP contribution in [-0.4, -0.2) is 21.1 Å². The second-order valence-corrected chi connectivity index (χ2v) is 6.30. The first-order chi connectivity index (χ1) is 10.3. The zero-order chi connectivity index (χ0) is 14.5. The van der Waals surface area contributed by atoms with Crippen LogP contribution in [0.15, 0.2) is 58.1 Å². The lowest BCUT2D eigenvalue weighted by Gasteiger charge is -2.02. The molecule has 0 N–H and O–H groups in total. The predicted molar refractivity (Wildman–Crippen MR) is 88.1 cm³/mol. The maximum atomic E-state index is 4.48. The van der Waals surface area contributed by atoms with Gasteiger partial charge in [0.15, 0.2) is 5.82 Å². The number of thiophene rings is 1. The molecular formula is C15H14N4S2. The number of aromatic nitrogens is 3. The van der Waals surface area contributed by atoms with Gasteiger partial charge in [0.2, 0.25) is 5.16 Å². The SMILES string of the molecule is Cc1nnc(SCc2ccccc2)n1/N=C/c1cccs1. The molecule has 2 aromatic heterocycles. The van der Waals surface area contributed by atoms with E-state index in [9.17, 15) is 0 Å². The third kappa shape index (κ3) is 3.59. The van der Waals surface area contributed by atoms with Crippen molar-refractivity contribution in [2.24, 2.45) is 5.10 Å². The van der Waals surface area contributed by atoms with E-state index in [4.69, 9.17) is 0 Å². The van der Waals surface area contributed by atoms with Crippen molar-refractivity contribution in [2.45, 2.75) is 17.8 Å². The Labute approximate surface area is 131 Å². The first-order valence-electron chi connectivity index (χ1n) is 6.49. The van der Waals surface area contributed by atoms with Crippen LogP contribution in [0.4, 0.5) is 0 Å². The fourth-order valence-corrected chi connectivity index (χ4v) is 3.23. The van der Waals surface area contributed by atoms with Crippen molar-refractivity contribution in [3.8, 4) is 0 Å². The summed E-state index contributed by atoms with van der Waals surface area (Å²) >= 11 is 3.29. The molecule has 3 aromatic rings. The second-order valence-electron chi connectivity index (χ2n) is 4.38. The Morgan fingerprint density at radius 3 is 2.81 bits per heavy atom. The Morgan fingerprint density at radius 1 is 1.19 bits per heavy atom. The highest BCUT2D eigenvalue weighted by atomic mass is 32.2. The van der Waals surface area contributed by atoms with Crippen LogP contribution >= 0.6 is 23.1 Å². The van der Waals surface area contributed by atoms with E-state index >= 15 is 0 Å². The van der Waals surface area contributed by atoms with Crippen LogP contribution in [0.5, 0.6) is 0 Å². The van der Waals surface area contributed by atoms with Crippen molar-refractivity contribution in [3.05, 3.63) is 64.1 Å². The summed E-state index contributed by atoms with van der Waals surface area (Å²) in [5, 5.41) is 15.6. The largest absolute Gasteiger partial charge is 0.212 e. The highest BCUT2D eigenvalue weighted by Gasteiger charge is 2.08. The fourth-order valence-electron chi connectivity index (χ4n) is 1.76. The smallest absolute Gasteiger partial charge is 0.192 e. The number of aryl methyl sites for hydroxylation is 1. The first-order valence-corrected chi connectivity index (χ1v) is 8.36. The molecule has 0 atom stereocenters. The van der Waals surface area contributed by atoms with E-state index in [1.165, 1.54) is 5.56 Å². The Bertz CT molecular complexity index is 717. The van der Waals surface area contributed by atoms with Gasteiger partial charge in [0.25, 0.3) is 0 Å². The van der Waals surface area contributed by atoms with E-state index in [0.29, 0.717) is 0 Å². The molecule has 1 aromatic carbocycles. The first kappa shape index (κ1) is 14.0. The molecule has 0 bridgehead atoms. The maximum absolute atomic E-state index is 4.48. The minimum atomic E-state index is 0.790. The van der Waals surface area contributed by atoms with Gasteiger partial charge in [-0.1, -0.05) is 48.2 Å². The van der Waals surface area contributed by atoms with Gasteiger partial charge in [-0.2, -0.15) is 9.78 Å². The van der Waals surface area contributed by atoms with E-state index < -0.39 is 0 Å². The van der Waals surface area contributed by atoms with Crippen molar-refractivity contribution in [3.63, 3.8) is 0 Å². The lowest BCUT2D eigenvalue weighted by atomic mass is 10.2.